The summed E-state index contributed by atoms with van der Waals surface area (Å²) in [7, 11) is 1.14. The Bertz CT molecular complexity index is 1220. The number of esters is 1. The first kappa shape index (κ1) is 33.4. The molecular formula is C24H25Br2F6N3O3. The minimum Gasteiger partial charge on any atom is -0.465 e. The fraction of sp³-hybridized carbons (Fsp3) is 0.375. The summed E-state index contributed by atoms with van der Waals surface area (Å²) in [5.74, 6) is -2.41. The average molecular weight is 677 g/mol. The highest BCUT2D eigenvalue weighted by Crippen LogP contribution is 2.39. The van der Waals surface area contributed by atoms with Gasteiger partial charge in [-0.1, -0.05) is 59.6 Å². The van der Waals surface area contributed by atoms with Crippen LogP contribution in [0.4, 0.5) is 26.3 Å². The zero-order chi connectivity index (χ0) is 29.7. The molecule has 0 radical (unpaired) electrons. The molecule has 1 amide bonds. The van der Waals surface area contributed by atoms with Gasteiger partial charge in [0.25, 0.3) is 5.91 Å². The normalized spacial score (nSPS) is 11.7. The molecule has 0 aliphatic rings. The van der Waals surface area contributed by atoms with Crippen LogP contribution in [-0.4, -0.2) is 24.9 Å². The van der Waals surface area contributed by atoms with E-state index in [1.54, 1.807) is 27.7 Å². The molecule has 2 aromatic carbocycles. The van der Waals surface area contributed by atoms with Crippen LogP contribution in [0.2, 0.25) is 0 Å². The monoisotopic (exact) mass is 675 g/mol. The number of rotatable bonds is 4. The van der Waals surface area contributed by atoms with E-state index in [1.165, 1.54) is 12.1 Å². The molecule has 0 aromatic heterocycles. The van der Waals surface area contributed by atoms with Gasteiger partial charge in [-0.2, -0.15) is 31.3 Å². The van der Waals surface area contributed by atoms with E-state index in [0.29, 0.717) is 11.1 Å². The molecule has 0 fully saturated rings. The van der Waals surface area contributed by atoms with E-state index in [1.807, 2.05) is 0 Å². The van der Waals surface area contributed by atoms with Crippen molar-refractivity contribution in [3.05, 3.63) is 66.6 Å². The molecule has 0 heterocycles. The maximum Gasteiger partial charge on any atom is 0.417 e. The third-order valence-corrected chi connectivity index (χ3v) is 6.31. The van der Waals surface area contributed by atoms with E-state index in [2.05, 4.69) is 41.6 Å². The van der Waals surface area contributed by atoms with Crippen LogP contribution in [0.1, 0.15) is 82.5 Å². The number of methoxy groups -OCH3 is 1. The van der Waals surface area contributed by atoms with E-state index in [9.17, 15) is 35.9 Å². The standard InChI is InChI=1S/C12H13BrF3N3O.C12H12BrF3O2/c1-5(2)6-4-9(13)8(12(14,15)16)3-7(6)10(20)19-11(17)18;1-6(2)7-5-10(13)9(12(14,15)16)4-8(7)11(17)18-3/h3-5H,1-2H3,(H4,17,18,19,20);4-6H,1-3H3. The van der Waals surface area contributed by atoms with Crippen molar-refractivity contribution in [2.24, 2.45) is 16.5 Å². The fourth-order valence-corrected chi connectivity index (χ4v) is 4.39. The Kier molecular flexibility index (Phi) is 11.4. The van der Waals surface area contributed by atoms with Crippen LogP contribution < -0.4 is 11.5 Å². The Morgan fingerprint density at radius 1 is 0.789 bits per heavy atom. The SMILES string of the molecule is CC(C)c1cc(Br)c(C(F)(F)F)cc1C(=O)N=C(N)N.COC(=O)c1cc(C(F)(F)F)c(Br)cc1C(C)C. The first-order valence-corrected chi connectivity index (χ1v) is 12.3. The Hall–Kier alpha value is -2.61. The van der Waals surface area contributed by atoms with E-state index >= 15 is 0 Å². The van der Waals surface area contributed by atoms with E-state index in [4.69, 9.17) is 11.5 Å². The van der Waals surface area contributed by atoms with Crippen molar-refractivity contribution >= 4 is 49.7 Å². The van der Waals surface area contributed by atoms with Crippen molar-refractivity contribution in [3.63, 3.8) is 0 Å². The van der Waals surface area contributed by atoms with Gasteiger partial charge in [0.2, 0.25) is 0 Å². The molecule has 0 saturated carbocycles. The fourth-order valence-electron chi connectivity index (χ4n) is 3.22. The number of carbonyl (C=O) groups is 2. The van der Waals surface area contributed by atoms with Crippen LogP contribution in [0, 0.1) is 0 Å². The van der Waals surface area contributed by atoms with Gasteiger partial charge in [0.05, 0.1) is 23.8 Å². The predicted molar refractivity (Wildman–Crippen MR) is 138 cm³/mol. The smallest absolute Gasteiger partial charge is 0.417 e. The molecule has 2 aromatic rings. The zero-order valence-corrected chi connectivity index (χ0v) is 24.0. The molecule has 0 spiro atoms. The van der Waals surface area contributed by atoms with Crippen molar-refractivity contribution in [2.45, 2.75) is 51.9 Å². The average Bonchev–Trinajstić information content (AvgIpc) is 2.76. The summed E-state index contributed by atoms with van der Waals surface area (Å²) in [5.41, 5.74) is 9.07. The first-order chi connectivity index (χ1) is 17.2. The number of nitrogens with zero attached hydrogens (tertiary/aromatic N) is 1. The molecule has 0 saturated heterocycles. The highest BCUT2D eigenvalue weighted by Gasteiger charge is 2.36. The van der Waals surface area contributed by atoms with Crippen molar-refractivity contribution in [1.29, 1.82) is 0 Å². The Balaban J connectivity index is 0.000000382. The van der Waals surface area contributed by atoms with Gasteiger partial charge < -0.3 is 16.2 Å². The quantitative estimate of drug-likeness (QED) is 0.152. The Morgan fingerprint density at radius 2 is 1.16 bits per heavy atom. The van der Waals surface area contributed by atoms with Crippen molar-refractivity contribution in [1.82, 2.24) is 0 Å². The number of benzene rings is 2. The summed E-state index contributed by atoms with van der Waals surface area (Å²) in [5, 5.41) is 0. The zero-order valence-electron chi connectivity index (χ0n) is 20.8. The lowest BCUT2D eigenvalue weighted by Crippen LogP contribution is -2.24. The molecule has 0 atom stereocenters. The summed E-state index contributed by atoms with van der Waals surface area (Å²) in [4.78, 5) is 26.7. The summed E-state index contributed by atoms with van der Waals surface area (Å²) in [6.07, 6.45) is -9.10. The third kappa shape index (κ3) is 8.72. The maximum absolute atomic E-state index is 12.9. The molecule has 0 aliphatic carbocycles. The molecule has 38 heavy (non-hydrogen) atoms. The minimum atomic E-state index is -4.58. The van der Waals surface area contributed by atoms with Gasteiger partial charge in [-0.25, -0.2) is 4.79 Å². The van der Waals surface area contributed by atoms with Gasteiger partial charge in [0.15, 0.2) is 5.96 Å². The van der Waals surface area contributed by atoms with E-state index < -0.39 is 41.3 Å². The summed E-state index contributed by atoms with van der Waals surface area (Å²) in [6, 6.07) is 4.17. The number of hydrogen-bond donors (Lipinski definition) is 2. The van der Waals surface area contributed by atoms with Crippen molar-refractivity contribution in [3.8, 4) is 0 Å². The molecule has 0 aliphatic heterocycles. The molecule has 14 heteroatoms. The molecule has 0 bridgehead atoms. The molecule has 4 N–H and O–H groups in total. The second kappa shape index (κ2) is 13.0. The number of aliphatic imine (C=N–C) groups is 1. The summed E-state index contributed by atoms with van der Waals surface area (Å²) >= 11 is 5.75. The Labute approximate surface area is 232 Å². The highest BCUT2D eigenvalue weighted by atomic mass is 79.9. The van der Waals surface area contributed by atoms with Crippen molar-refractivity contribution in [2.75, 3.05) is 7.11 Å². The summed E-state index contributed by atoms with van der Waals surface area (Å²) < 4.78 is 81.1. The highest BCUT2D eigenvalue weighted by molar-refractivity contribution is 9.10. The van der Waals surface area contributed by atoms with Gasteiger partial charge in [-0.15, -0.1) is 0 Å². The van der Waals surface area contributed by atoms with Gasteiger partial charge in [-0.05, 0) is 47.2 Å². The van der Waals surface area contributed by atoms with Crippen LogP contribution in [-0.2, 0) is 17.1 Å². The number of alkyl halides is 6. The number of guanidine groups is 1. The summed E-state index contributed by atoms with van der Waals surface area (Å²) in [6.45, 7) is 7.09. The number of nitrogens with two attached hydrogens (primary N) is 2. The number of halogens is 8. The van der Waals surface area contributed by atoms with Crippen LogP contribution >= 0.6 is 31.9 Å². The van der Waals surface area contributed by atoms with Crippen molar-refractivity contribution < 1.29 is 40.7 Å². The largest absolute Gasteiger partial charge is 0.465 e. The lowest BCUT2D eigenvalue weighted by molar-refractivity contribution is -0.139. The molecule has 0 unspecified atom stereocenters. The topological polar surface area (TPSA) is 108 Å². The Morgan fingerprint density at radius 3 is 1.47 bits per heavy atom. The minimum absolute atomic E-state index is 0.0528. The van der Waals surface area contributed by atoms with E-state index in [0.717, 1.165) is 19.2 Å². The van der Waals surface area contributed by atoms with Crippen LogP contribution in [0.5, 0.6) is 0 Å². The molecule has 210 valence electrons. The molecule has 2 rings (SSSR count). The van der Waals surface area contributed by atoms with Crippen LogP contribution in [0.25, 0.3) is 0 Å². The molecular weight excluding hydrogens is 652 g/mol. The van der Waals surface area contributed by atoms with Crippen LogP contribution in [0.3, 0.4) is 0 Å². The second-order valence-electron chi connectivity index (χ2n) is 8.48. The van der Waals surface area contributed by atoms with Gasteiger partial charge >= 0.3 is 18.3 Å². The number of amides is 1. The third-order valence-electron chi connectivity index (χ3n) is 5.00. The predicted octanol–water partition coefficient (Wildman–Crippen LogP) is 7.38. The lowest BCUT2D eigenvalue weighted by atomic mass is 9.94. The van der Waals surface area contributed by atoms with Gasteiger partial charge in [0.1, 0.15) is 0 Å². The molecule has 6 nitrogen and oxygen atoms in total. The number of hydrogen-bond acceptors (Lipinski definition) is 3. The maximum atomic E-state index is 12.9. The lowest BCUT2D eigenvalue weighted by Gasteiger charge is -2.16. The second-order valence-corrected chi connectivity index (χ2v) is 10.2. The van der Waals surface area contributed by atoms with Gasteiger partial charge in [-0.3, -0.25) is 4.79 Å². The van der Waals surface area contributed by atoms with E-state index in [-0.39, 0.29) is 31.9 Å². The van der Waals surface area contributed by atoms with Crippen LogP contribution in [0.15, 0.2) is 38.2 Å². The number of carbonyl (C=O) groups excluding carboxylic acids is 2. The number of ether oxygens (including phenoxy) is 1. The van der Waals surface area contributed by atoms with Gasteiger partial charge in [0, 0.05) is 14.5 Å². The first-order valence-electron chi connectivity index (χ1n) is 10.8.